The maximum Gasteiger partial charge on any atom is 0.269 e. The van der Waals surface area contributed by atoms with Crippen molar-refractivity contribution >= 4 is 27.0 Å². The average molecular weight is 400 g/mol. The monoisotopic (exact) mass is 399 g/mol. The maximum absolute atomic E-state index is 13.0. The lowest BCUT2D eigenvalue weighted by molar-refractivity contribution is 0.221. The predicted molar refractivity (Wildman–Crippen MR) is 110 cm³/mol. The van der Waals surface area contributed by atoms with Crippen molar-refractivity contribution in [2.45, 2.75) is 42.7 Å². The lowest BCUT2D eigenvalue weighted by Gasteiger charge is -2.32. The van der Waals surface area contributed by atoms with Crippen LogP contribution in [0, 0.1) is 0 Å². The molecule has 2 heterocycles. The van der Waals surface area contributed by atoms with Gasteiger partial charge in [0.05, 0.1) is 4.90 Å². The van der Waals surface area contributed by atoms with Gasteiger partial charge in [0.1, 0.15) is 0 Å². The summed E-state index contributed by atoms with van der Waals surface area (Å²) in [6.45, 7) is 0. The molecule has 0 saturated heterocycles. The molecular weight excluding hydrogens is 374 g/mol. The summed E-state index contributed by atoms with van der Waals surface area (Å²) in [6.07, 6.45) is 7.57. The summed E-state index contributed by atoms with van der Waals surface area (Å²) >= 11 is 0. The van der Waals surface area contributed by atoms with Gasteiger partial charge in [0.15, 0.2) is 5.65 Å². The van der Waals surface area contributed by atoms with Crippen molar-refractivity contribution < 1.29 is 8.42 Å². The Morgan fingerprint density at radius 1 is 1.07 bits per heavy atom. The SMILES string of the molecule is CN(C)C1CCC(Nc2ncc3ccn(S(=O)(=O)c4ccccc4)c3n2)CC1. The Bertz CT molecular complexity index is 1050. The van der Waals surface area contributed by atoms with Crippen LogP contribution in [0.4, 0.5) is 5.95 Å². The molecule has 0 radical (unpaired) electrons. The number of hydrogen-bond acceptors (Lipinski definition) is 6. The number of benzene rings is 1. The fourth-order valence-corrected chi connectivity index (χ4v) is 5.11. The quantitative estimate of drug-likeness (QED) is 0.711. The molecule has 148 valence electrons. The second kappa shape index (κ2) is 7.52. The van der Waals surface area contributed by atoms with E-state index < -0.39 is 10.0 Å². The summed E-state index contributed by atoms with van der Waals surface area (Å²) in [4.78, 5) is 11.4. The van der Waals surface area contributed by atoms with Crippen molar-refractivity contribution in [3.05, 3.63) is 48.8 Å². The lowest BCUT2D eigenvalue weighted by atomic mass is 9.91. The summed E-state index contributed by atoms with van der Waals surface area (Å²) in [5.74, 6) is 0.476. The first-order valence-corrected chi connectivity index (χ1v) is 11.0. The van der Waals surface area contributed by atoms with Crippen molar-refractivity contribution in [2.24, 2.45) is 0 Å². The van der Waals surface area contributed by atoms with Crippen LogP contribution < -0.4 is 5.32 Å². The van der Waals surface area contributed by atoms with Gasteiger partial charge in [-0.15, -0.1) is 0 Å². The summed E-state index contributed by atoms with van der Waals surface area (Å²) < 4.78 is 27.2. The van der Waals surface area contributed by atoms with Gasteiger partial charge in [0.2, 0.25) is 5.95 Å². The molecule has 0 aliphatic heterocycles. The zero-order valence-electron chi connectivity index (χ0n) is 16.1. The van der Waals surface area contributed by atoms with Crippen LogP contribution in [0.5, 0.6) is 0 Å². The first kappa shape index (κ1) is 18.9. The van der Waals surface area contributed by atoms with E-state index >= 15 is 0 Å². The molecule has 0 spiro atoms. The van der Waals surface area contributed by atoms with E-state index in [1.807, 2.05) is 0 Å². The smallest absolute Gasteiger partial charge is 0.269 e. The minimum Gasteiger partial charge on any atom is -0.351 e. The minimum atomic E-state index is -3.70. The Labute approximate surface area is 165 Å². The first-order valence-electron chi connectivity index (χ1n) is 9.53. The third-order valence-electron chi connectivity index (χ3n) is 5.45. The third-order valence-corrected chi connectivity index (χ3v) is 7.13. The first-order chi connectivity index (χ1) is 13.4. The third kappa shape index (κ3) is 3.62. The normalized spacial score (nSPS) is 20.5. The standard InChI is InChI=1S/C20H25N5O2S/c1-24(2)17-10-8-16(9-11-17)22-20-21-14-15-12-13-25(19(15)23-20)28(26,27)18-6-4-3-5-7-18/h3-7,12-14,16-17H,8-11H2,1-2H3,(H,21,22,23). The highest BCUT2D eigenvalue weighted by atomic mass is 32.2. The van der Waals surface area contributed by atoms with Crippen LogP contribution >= 0.6 is 0 Å². The second-order valence-electron chi connectivity index (χ2n) is 7.52. The van der Waals surface area contributed by atoms with Gasteiger partial charge in [-0.05, 0) is 58.0 Å². The number of anilines is 1. The van der Waals surface area contributed by atoms with Crippen LogP contribution in [0.2, 0.25) is 0 Å². The number of hydrogen-bond donors (Lipinski definition) is 1. The number of nitrogens with zero attached hydrogens (tertiary/aromatic N) is 4. The molecule has 7 nitrogen and oxygen atoms in total. The van der Waals surface area contributed by atoms with Crippen LogP contribution in [-0.4, -0.2) is 53.4 Å². The fraction of sp³-hybridized carbons (Fsp3) is 0.400. The zero-order chi connectivity index (χ0) is 19.7. The Balaban J connectivity index is 1.59. The number of fused-ring (bicyclic) bond motifs is 1. The van der Waals surface area contributed by atoms with Crippen LogP contribution in [0.3, 0.4) is 0 Å². The van der Waals surface area contributed by atoms with Crippen molar-refractivity contribution in [2.75, 3.05) is 19.4 Å². The largest absolute Gasteiger partial charge is 0.351 e. The van der Waals surface area contributed by atoms with E-state index in [9.17, 15) is 8.42 Å². The molecule has 1 aliphatic carbocycles. The Morgan fingerprint density at radius 3 is 2.46 bits per heavy atom. The fourth-order valence-electron chi connectivity index (χ4n) is 3.78. The summed E-state index contributed by atoms with van der Waals surface area (Å²) in [6, 6.07) is 11.0. The van der Waals surface area contributed by atoms with E-state index in [2.05, 4.69) is 34.3 Å². The predicted octanol–water partition coefficient (Wildman–Crippen LogP) is 2.95. The van der Waals surface area contributed by atoms with Gasteiger partial charge < -0.3 is 10.2 Å². The number of nitrogens with one attached hydrogen (secondary N) is 1. The van der Waals surface area contributed by atoms with Crippen molar-refractivity contribution in [1.29, 1.82) is 0 Å². The summed E-state index contributed by atoms with van der Waals surface area (Å²) in [7, 11) is 0.548. The van der Waals surface area contributed by atoms with E-state index in [4.69, 9.17) is 0 Å². The molecule has 1 fully saturated rings. The molecule has 4 rings (SSSR count). The Morgan fingerprint density at radius 2 is 1.79 bits per heavy atom. The molecule has 0 bridgehead atoms. The van der Waals surface area contributed by atoms with Crippen molar-refractivity contribution in [1.82, 2.24) is 18.8 Å². The maximum atomic E-state index is 13.0. The van der Waals surface area contributed by atoms with Gasteiger partial charge in [0, 0.05) is 29.9 Å². The van der Waals surface area contributed by atoms with Gasteiger partial charge in [0.25, 0.3) is 10.0 Å². The number of aromatic nitrogens is 3. The number of rotatable bonds is 5. The molecule has 28 heavy (non-hydrogen) atoms. The van der Waals surface area contributed by atoms with E-state index in [1.54, 1.807) is 42.6 Å². The molecule has 0 amide bonds. The van der Waals surface area contributed by atoms with E-state index in [-0.39, 0.29) is 4.90 Å². The van der Waals surface area contributed by atoms with E-state index in [1.165, 1.54) is 10.2 Å². The molecular formula is C20H25N5O2S. The molecule has 1 aromatic carbocycles. The van der Waals surface area contributed by atoms with Crippen molar-refractivity contribution in [3.63, 3.8) is 0 Å². The Kier molecular flexibility index (Phi) is 5.07. The van der Waals surface area contributed by atoms with Gasteiger partial charge >= 0.3 is 0 Å². The highest BCUT2D eigenvalue weighted by Gasteiger charge is 2.24. The van der Waals surface area contributed by atoms with Gasteiger partial charge in [-0.3, -0.25) is 0 Å². The van der Waals surface area contributed by atoms with E-state index in [0.717, 1.165) is 25.7 Å². The highest BCUT2D eigenvalue weighted by Crippen LogP contribution is 2.25. The van der Waals surface area contributed by atoms with Crippen LogP contribution in [0.15, 0.2) is 53.7 Å². The molecule has 1 aliphatic rings. The minimum absolute atomic E-state index is 0.239. The van der Waals surface area contributed by atoms with E-state index in [0.29, 0.717) is 29.1 Å². The summed E-state index contributed by atoms with van der Waals surface area (Å²) in [5, 5.41) is 4.09. The lowest BCUT2D eigenvalue weighted by Crippen LogP contribution is -2.36. The van der Waals surface area contributed by atoms with Crippen LogP contribution in [0.25, 0.3) is 11.0 Å². The van der Waals surface area contributed by atoms with Crippen LogP contribution in [-0.2, 0) is 10.0 Å². The highest BCUT2D eigenvalue weighted by molar-refractivity contribution is 7.90. The summed E-state index contributed by atoms with van der Waals surface area (Å²) in [5.41, 5.74) is 0.392. The average Bonchev–Trinajstić information content (AvgIpc) is 3.13. The molecule has 0 unspecified atom stereocenters. The molecule has 1 saturated carbocycles. The second-order valence-corrected chi connectivity index (χ2v) is 9.33. The van der Waals surface area contributed by atoms with Crippen molar-refractivity contribution in [3.8, 4) is 0 Å². The molecule has 3 aromatic rings. The molecule has 2 aromatic heterocycles. The topological polar surface area (TPSA) is 80.1 Å². The Hall–Kier alpha value is -2.45. The molecule has 0 atom stereocenters. The zero-order valence-corrected chi connectivity index (χ0v) is 16.9. The van der Waals surface area contributed by atoms with Gasteiger partial charge in [-0.1, -0.05) is 18.2 Å². The van der Waals surface area contributed by atoms with Crippen LogP contribution in [0.1, 0.15) is 25.7 Å². The molecule has 1 N–H and O–H groups in total. The molecule has 8 heteroatoms. The van der Waals surface area contributed by atoms with Gasteiger partial charge in [-0.2, -0.15) is 4.98 Å². The van der Waals surface area contributed by atoms with Gasteiger partial charge in [-0.25, -0.2) is 17.4 Å².